The number of pyridine rings is 1. The maximum Gasteiger partial charge on any atom is 0.154 e. The molecule has 2 rings (SSSR count). The largest absolute Gasteiger partial charge is 0.487 e. The van der Waals surface area contributed by atoms with E-state index >= 15 is 0 Å². The highest BCUT2D eigenvalue weighted by Gasteiger charge is 2.29. The summed E-state index contributed by atoms with van der Waals surface area (Å²) in [6.45, 7) is 6.26. The number of carbonyl (C=O) groups is 1. The van der Waals surface area contributed by atoms with E-state index in [2.05, 4.69) is 11.9 Å². The van der Waals surface area contributed by atoms with Crippen molar-refractivity contribution in [3.63, 3.8) is 0 Å². The summed E-state index contributed by atoms with van der Waals surface area (Å²) in [7, 11) is 0. The van der Waals surface area contributed by atoms with Crippen molar-refractivity contribution in [3.8, 4) is 5.75 Å². The van der Waals surface area contributed by atoms with E-state index in [1.54, 1.807) is 12.4 Å². The van der Waals surface area contributed by atoms with Gasteiger partial charge in [0.2, 0.25) is 0 Å². The summed E-state index contributed by atoms with van der Waals surface area (Å²) < 4.78 is 5.89. The summed E-state index contributed by atoms with van der Waals surface area (Å²) in [5.41, 5.74) is 2.91. The van der Waals surface area contributed by atoms with Crippen molar-refractivity contribution in [2.24, 2.45) is 0 Å². The number of aliphatic hydroxyl groups is 1. The number of hydrogen-bond donors (Lipinski definition) is 1. The highest BCUT2D eigenvalue weighted by atomic mass is 16.5. The predicted octanol–water partition coefficient (Wildman–Crippen LogP) is 4.00. The molecule has 4 nitrogen and oxygen atoms in total. The van der Waals surface area contributed by atoms with Crippen molar-refractivity contribution >= 4 is 6.29 Å². The number of rotatable bonds is 7. The van der Waals surface area contributed by atoms with Crippen LogP contribution in [0.1, 0.15) is 68.3 Å². The molecule has 0 radical (unpaired) electrons. The van der Waals surface area contributed by atoms with Gasteiger partial charge in [-0.3, -0.25) is 9.78 Å². The lowest BCUT2D eigenvalue weighted by molar-refractivity contribution is 0.0800. The van der Waals surface area contributed by atoms with Gasteiger partial charge in [-0.25, -0.2) is 0 Å². The fraction of sp³-hybridized carbons (Fsp3) is 0.579. The first-order chi connectivity index (χ1) is 11.0. The predicted molar refractivity (Wildman–Crippen MR) is 90.9 cm³/mol. The van der Waals surface area contributed by atoms with Crippen LogP contribution in [0.3, 0.4) is 0 Å². The van der Waals surface area contributed by atoms with Crippen LogP contribution in [0.15, 0.2) is 23.5 Å². The molecule has 0 amide bonds. The van der Waals surface area contributed by atoms with Gasteiger partial charge in [-0.05, 0) is 62.7 Å². The van der Waals surface area contributed by atoms with Gasteiger partial charge in [-0.1, -0.05) is 13.3 Å². The van der Waals surface area contributed by atoms with E-state index in [1.165, 1.54) is 5.57 Å². The lowest BCUT2D eigenvalue weighted by Gasteiger charge is -2.32. The molecular formula is C19H27NO3. The second kappa shape index (κ2) is 7.73. The molecule has 0 aromatic carbocycles. The Hall–Kier alpha value is -1.68. The molecular weight excluding hydrogens is 290 g/mol. The number of aromatic nitrogens is 1. The zero-order valence-electron chi connectivity index (χ0n) is 14.4. The summed E-state index contributed by atoms with van der Waals surface area (Å²) in [5, 5.41) is 10.8. The molecule has 126 valence electrons. The van der Waals surface area contributed by atoms with E-state index < -0.39 is 5.60 Å². The molecule has 1 aliphatic rings. The molecule has 0 aliphatic heterocycles. The zero-order valence-corrected chi connectivity index (χ0v) is 14.4. The Kier molecular flexibility index (Phi) is 5.94. The second-order valence-corrected chi connectivity index (χ2v) is 6.59. The lowest BCUT2D eigenvalue weighted by atomic mass is 9.80. The molecule has 1 aromatic rings. The maximum atomic E-state index is 11.2. The Morgan fingerprint density at radius 2 is 2.09 bits per heavy atom. The number of hydrogen-bond acceptors (Lipinski definition) is 4. The highest BCUT2D eigenvalue weighted by Crippen LogP contribution is 2.35. The molecule has 1 aromatic heterocycles. The third kappa shape index (κ3) is 4.20. The summed E-state index contributed by atoms with van der Waals surface area (Å²) in [5.74, 6) is 0.521. The van der Waals surface area contributed by atoms with E-state index in [4.69, 9.17) is 4.74 Å². The maximum absolute atomic E-state index is 11.2. The summed E-state index contributed by atoms with van der Waals surface area (Å²) in [6.07, 6.45) is 9.89. The molecule has 1 unspecified atom stereocenters. The summed E-state index contributed by atoms with van der Waals surface area (Å²) >= 11 is 0. The molecule has 1 aliphatic carbocycles. The van der Waals surface area contributed by atoms with Crippen LogP contribution in [0.25, 0.3) is 0 Å². The van der Waals surface area contributed by atoms with Crippen molar-refractivity contribution < 1.29 is 14.6 Å². The average Bonchev–Trinajstić information content (AvgIpc) is 2.53. The van der Waals surface area contributed by atoms with Crippen LogP contribution in [0, 0.1) is 6.92 Å². The van der Waals surface area contributed by atoms with Gasteiger partial charge in [-0.15, -0.1) is 0 Å². The Morgan fingerprint density at radius 3 is 2.78 bits per heavy atom. The first-order valence-corrected chi connectivity index (χ1v) is 8.46. The quantitative estimate of drug-likeness (QED) is 0.610. The van der Waals surface area contributed by atoms with Gasteiger partial charge < -0.3 is 9.84 Å². The Labute approximate surface area is 138 Å². The van der Waals surface area contributed by atoms with Crippen LogP contribution in [0.2, 0.25) is 0 Å². The topological polar surface area (TPSA) is 59.4 Å². The van der Waals surface area contributed by atoms with Crippen LogP contribution >= 0.6 is 0 Å². The number of aldehydes is 1. The number of aryl methyl sites for hydroxylation is 1. The van der Waals surface area contributed by atoms with Gasteiger partial charge >= 0.3 is 0 Å². The third-order valence-electron chi connectivity index (χ3n) is 4.64. The molecule has 0 fully saturated rings. The van der Waals surface area contributed by atoms with Crippen LogP contribution in [-0.4, -0.2) is 28.6 Å². The Morgan fingerprint density at radius 1 is 1.35 bits per heavy atom. The molecule has 1 atom stereocenters. The molecule has 1 N–H and O–H groups in total. The number of nitrogens with zero attached hydrogens (tertiary/aromatic N) is 1. The smallest absolute Gasteiger partial charge is 0.154 e. The van der Waals surface area contributed by atoms with Crippen molar-refractivity contribution in [1.29, 1.82) is 0 Å². The van der Waals surface area contributed by atoms with Gasteiger partial charge in [0.1, 0.15) is 12.4 Å². The molecule has 0 spiro atoms. The molecule has 1 heterocycles. The van der Waals surface area contributed by atoms with Crippen molar-refractivity contribution in [1.82, 2.24) is 4.98 Å². The van der Waals surface area contributed by atoms with E-state index in [-0.39, 0.29) is 0 Å². The molecule has 23 heavy (non-hydrogen) atoms. The monoisotopic (exact) mass is 317 g/mol. The van der Waals surface area contributed by atoms with Crippen LogP contribution < -0.4 is 4.74 Å². The van der Waals surface area contributed by atoms with Crippen LogP contribution in [0.4, 0.5) is 0 Å². The fourth-order valence-electron chi connectivity index (χ4n) is 3.40. The van der Waals surface area contributed by atoms with Gasteiger partial charge in [0.05, 0.1) is 17.4 Å². The summed E-state index contributed by atoms with van der Waals surface area (Å²) in [4.78, 5) is 15.4. The lowest BCUT2D eigenvalue weighted by Crippen LogP contribution is -2.30. The van der Waals surface area contributed by atoms with Crippen molar-refractivity contribution in [2.75, 3.05) is 6.61 Å². The minimum Gasteiger partial charge on any atom is -0.487 e. The molecule has 0 saturated heterocycles. The molecule has 4 heteroatoms. The van der Waals surface area contributed by atoms with E-state index in [9.17, 15) is 9.90 Å². The fourth-order valence-corrected chi connectivity index (χ4v) is 3.40. The van der Waals surface area contributed by atoms with Crippen molar-refractivity contribution in [2.45, 2.75) is 64.9 Å². The summed E-state index contributed by atoms with van der Waals surface area (Å²) in [6, 6.07) is 0. The standard InChI is InChI=1S/C19H27NO3/c1-4-9-19(3,22)17-8-6-5-7-15(17)13-23-18-11-20-10-14(2)16(18)12-21/h10-12,22H,4-9,13H2,1-3H3. The highest BCUT2D eigenvalue weighted by molar-refractivity contribution is 5.81. The number of ether oxygens (including phenoxy) is 1. The van der Waals surface area contributed by atoms with Gasteiger partial charge in [0.15, 0.2) is 6.29 Å². The van der Waals surface area contributed by atoms with Crippen molar-refractivity contribution in [3.05, 3.63) is 34.7 Å². The molecule has 0 saturated carbocycles. The van der Waals surface area contributed by atoms with E-state index in [0.29, 0.717) is 17.9 Å². The Bertz CT molecular complexity index is 590. The normalized spacial score (nSPS) is 17.7. The van der Waals surface area contributed by atoms with Gasteiger partial charge in [-0.2, -0.15) is 0 Å². The third-order valence-corrected chi connectivity index (χ3v) is 4.64. The van der Waals surface area contributed by atoms with Crippen LogP contribution in [0.5, 0.6) is 5.75 Å². The second-order valence-electron chi connectivity index (χ2n) is 6.59. The zero-order chi connectivity index (χ0) is 16.9. The average molecular weight is 317 g/mol. The van der Waals surface area contributed by atoms with E-state index in [1.807, 2.05) is 13.8 Å². The first kappa shape index (κ1) is 17.7. The molecule has 0 bridgehead atoms. The minimum absolute atomic E-state index is 0.418. The SMILES string of the molecule is CCCC(C)(O)C1=C(COc2cncc(C)c2C=O)CCCC1. The first-order valence-electron chi connectivity index (χ1n) is 8.46. The van der Waals surface area contributed by atoms with Gasteiger partial charge in [0, 0.05) is 6.20 Å². The Balaban J connectivity index is 2.21. The van der Waals surface area contributed by atoms with E-state index in [0.717, 1.165) is 55.9 Å². The number of carbonyl (C=O) groups excluding carboxylic acids is 1. The minimum atomic E-state index is -0.758. The van der Waals surface area contributed by atoms with Crippen LogP contribution in [-0.2, 0) is 0 Å². The van der Waals surface area contributed by atoms with Gasteiger partial charge in [0.25, 0.3) is 0 Å².